The molecule has 0 spiro atoms. The van der Waals surface area contributed by atoms with Gasteiger partial charge in [-0.3, -0.25) is 19.2 Å². The average Bonchev–Trinajstić information content (AvgIpc) is 3.44. The number of hydroxylamine groups is 1. The van der Waals surface area contributed by atoms with Crippen LogP contribution in [-0.4, -0.2) is 47.9 Å². The van der Waals surface area contributed by atoms with E-state index in [0.717, 1.165) is 43.2 Å². The second-order valence-corrected chi connectivity index (χ2v) is 11.3. The summed E-state index contributed by atoms with van der Waals surface area (Å²) in [5, 5.41) is 3.02. The minimum absolute atomic E-state index is 0.00298. The zero-order valence-electron chi connectivity index (χ0n) is 24.8. The average molecular weight is 566 g/mol. The monoisotopic (exact) mass is 565 g/mol. The van der Waals surface area contributed by atoms with Crippen LogP contribution in [0.1, 0.15) is 76.8 Å². The van der Waals surface area contributed by atoms with Gasteiger partial charge < -0.3 is 15.0 Å². The normalized spacial score (nSPS) is 16.4. The molecule has 1 heterocycles. The fourth-order valence-electron chi connectivity index (χ4n) is 5.16. The van der Waals surface area contributed by atoms with Crippen LogP contribution in [0.5, 0.6) is 0 Å². The number of benzene rings is 2. The van der Waals surface area contributed by atoms with Gasteiger partial charge in [-0.05, 0) is 36.3 Å². The van der Waals surface area contributed by atoms with Gasteiger partial charge in [-0.2, -0.15) is 0 Å². The topological polar surface area (TPSA) is 97.0 Å². The molecule has 0 aromatic heterocycles. The van der Waals surface area contributed by atoms with Crippen molar-refractivity contribution < 1.29 is 24.0 Å². The Bertz CT molecular complexity index is 1060. The molecule has 8 heteroatoms. The number of ether oxygens (including phenoxy) is 1. The zero-order chi connectivity index (χ0) is 29.5. The Balaban J connectivity index is 1.56. The molecule has 1 aliphatic rings. The number of likely N-dealkylation sites (tertiary alicyclic amines) is 1. The minimum atomic E-state index is -0.664. The van der Waals surface area contributed by atoms with Gasteiger partial charge in [0.15, 0.2) is 0 Å². The van der Waals surface area contributed by atoms with Crippen LogP contribution in [-0.2, 0) is 37.2 Å². The Labute approximate surface area is 245 Å². The van der Waals surface area contributed by atoms with Gasteiger partial charge in [0.25, 0.3) is 0 Å². The van der Waals surface area contributed by atoms with E-state index in [1.165, 1.54) is 0 Å². The number of amides is 3. The Hall–Kier alpha value is -3.23. The summed E-state index contributed by atoms with van der Waals surface area (Å²) in [7, 11) is 0. The van der Waals surface area contributed by atoms with Gasteiger partial charge in [0, 0.05) is 18.9 Å². The molecular formula is C33H47N3O5. The van der Waals surface area contributed by atoms with Gasteiger partial charge in [0.1, 0.15) is 6.04 Å². The van der Waals surface area contributed by atoms with Crippen molar-refractivity contribution in [2.24, 2.45) is 11.8 Å². The predicted octanol–water partition coefficient (Wildman–Crippen LogP) is 5.17. The molecule has 1 saturated heterocycles. The first-order chi connectivity index (χ1) is 19.9. The molecule has 3 rings (SSSR count). The highest BCUT2D eigenvalue weighted by Gasteiger charge is 2.36. The highest BCUT2D eigenvalue weighted by molar-refractivity contribution is 5.91. The van der Waals surface area contributed by atoms with Gasteiger partial charge in [-0.15, -0.1) is 0 Å². The van der Waals surface area contributed by atoms with Crippen molar-refractivity contribution >= 4 is 17.7 Å². The molecule has 1 fully saturated rings. The Kier molecular flexibility index (Phi) is 13.8. The molecule has 2 aromatic carbocycles. The summed E-state index contributed by atoms with van der Waals surface area (Å²) in [6.07, 6.45) is 5.18. The van der Waals surface area contributed by atoms with Gasteiger partial charge in [-0.1, -0.05) is 101 Å². The van der Waals surface area contributed by atoms with Crippen LogP contribution >= 0.6 is 0 Å². The number of hydrogen-bond donors (Lipinski definition) is 2. The van der Waals surface area contributed by atoms with E-state index in [2.05, 4.69) is 17.7 Å². The van der Waals surface area contributed by atoms with E-state index in [1.807, 2.05) is 79.4 Å². The highest BCUT2D eigenvalue weighted by atomic mass is 16.6. The highest BCUT2D eigenvalue weighted by Crippen LogP contribution is 2.22. The van der Waals surface area contributed by atoms with Crippen molar-refractivity contribution in [3.8, 4) is 0 Å². The van der Waals surface area contributed by atoms with Crippen molar-refractivity contribution in [2.45, 2.75) is 91.0 Å². The molecule has 0 aliphatic carbocycles. The molecule has 3 unspecified atom stereocenters. The summed E-state index contributed by atoms with van der Waals surface area (Å²) >= 11 is 0. The van der Waals surface area contributed by atoms with Gasteiger partial charge in [0.2, 0.25) is 17.7 Å². The molecule has 2 aromatic rings. The van der Waals surface area contributed by atoms with Crippen LogP contribution in [0, 0.1) is 11.8 Å². The number of rotatable bonds is 17. The fraction of sp³-hybridized carbons (Fsp3) is 0.545. The number of nitrogens with zero attached hydrogens (tertiary/aromatic N) is 1. The molecule has 3 atom stereocenters. The van der Waals surface area contributed by atoms with Gasteiger partial charge >= 0.3 is 0 Å². The lowest BCUT2D eigenvalue weighted by Crippen LogP contribution is -2.54. The molecule has 1 aliphatic heterocycles. The molecule has 2 N–H and O–H groups in total. The Morgan fingerprint density at radius 3 is 2.24 bits per heavy atom. The van der Waals surface area contributed by atoms with E-state index in [0.29, 0.717) is 26.2 Å². The third-order valence-corrected chi connectivity index (χ3v) is 7.54. The zero-order valence-corrected chi connectivity index (χ0v) is 24.8. The lowest BCUT2D eigenvalue weighted by atomic mass is 9.94. The first-order valence-corrected chi connectivity index (χ1v) is 15.1. The first kappa shape index (κ1) is 32.3. The second kappa shape index (κ2) is 17.6. The lowest BCUT2D eigenvalue weighted by molar-refractivity contribution is -0.142. The van der Waals surface area contributed by atoms with Gasteiger partial charge in [-0.25, -0.2) is 5.48 Å². The Morgan fingerprint density at radius 1 is 0.951 bits per heavy atom. The van der Waals surface area contributed by atoms with E-state index in [1.54, 1.807) is 0 Å². The third kappa shape index (κ3) is 10.9. The summed E-state index contributed by atoms with van der Waals surface area (Å²) in [4.78, 5) is 47.1. The number of unbranched alkanes of at least 4 members (excludes halogenated alkanes) is 2. The summed E-state index contributed by atoms with van der Waals surface area (Å²) in [6.45, 7) is 7.84. The first-order valence-electron chi connectivity index (χ1n) is 15.1. The standard InChI is InChI=1S/C33H47N3O5/c1-4-5-8-18-28(21-30(37)35-41-23-27-16-11-7-12-17-27)32(38)34-31(25(2)3)33(39)36-20-13-19-29(36)24-40-22-26-14-9-6-10-15-26/h6-7,9-12,14-17,25,28-29,31H,4-5,8,13,18-24H2,1-3H3,(H,34,38)(H,35,37). The maximum absolute atomic E-state index is 13.7. The van der Waals surface area contributed by atoms with Crippen molar-refractivity contribution in [3.63, 3.8) is 0 Å². The number of nitrogens with one attached hydrogen (secondary N) is 2. The third-order valence-electron chi connectivity index (χ3n) is 7.54. The second-order valence-electron chi connectivity index (χ2n) is 11.3. The fourth-order valence-corrected chi connectivity index (χ4v) is 5.16. The lowest BCUT2D eigenvalue weighted by Gasteiger charge is -2.32. The van der Waals surface area contributed by atoms with E-state index in [4.69, 9.17) is 9.57 Å². The Morgan fingerprint density at radius 2 is 1.61 bits per heavy atom. The molecular weight excluding hydrogens is 518 g/mol. The van der Waals surface area contributed by atoms with Gasteiger partial charge in [0.05, 0.1) is 25.9 Å². The molecule has 0 saturated carbocycles. The molecule has 0 radical (unpaired) electrons. The summed E-state index contributed by atoms with van der Waals surface area (Å²) in [5.74, 6) is -1.33. The maximum Gasteiger partial charge on any atom is 0.245 e. The number of carbonyl (C=O) groups is 3. The van der Waals surface area contributed by atoms with E-state index >= 15 is 0 Å². The quantitative estimate of drug-likeness (QED) is 0.204. The van der Waals surface area contributed by atoms with Crippen LogP contribution in [0.25, 0.3) is 0 Å². The number of carbonyl (C=O) groups excluding carboxylic acids is 3. The smallest absolute Gasteiger partial charge is 0.245 e. The van der Waals surface area contributed by atoms with Crippen LogP contribution in [0.4, 0.5) is 0 Å². The summed E-state index contributed by atoms with van der Waals surface area (Å²) in [5.41, 5.74) is 4.52. The minimum Gasteiger partial charge on any atom is -0.375 e. The maximum atomic E-state index is 13.7. The van der Waals surface area contributed by atoms with Crippen LogP contribution in [0.2, 0.25) is 0 Å². The molecule has 8 nitrogen and oxygen atoms in total. The molecule has 224 valence electrons. The van der Waals surface area contributed by atoms with Crippen molar-refractivity contribution in [1.82, 2.24) is 15.7 Å². The largest absolute Gasteiger partial charge is 0.375 e. The number of hydrogen-bond acceptors (Lipinski definition) is 5. The van der Waals surface area contributed by atoms with Crippen LogP contribution in [0.3, 0.4) is 0 Å². The van der Waals surface area contributed by atoms with E-state index in [-0.39, 0.29) is 42.7 Å². The van der Waals surface area contributed by atoms with Crippen LogP contribution in [0.15, 0.2) is 60.7 Å². The molecule has 41 heavy (non-hydrogen) atoms. The summed E-state index contributed by atoms with van der Waals surface area (Å²) < 4.78 is 5.97. The molecule has 3 amide bonds. The van der Waals surface area contributed by atoms with Crippen molar-refractivity contribution in [1.29, 1.82) is 0 Å². The van der Waals surface area contributed by atoms with E-state index in [9.17, 15) is 14.4 Å². The molecule has 0 bridgehead atoms. The SMILES string of the molecule is CCCCCC(CC(=O)NOCc1ccccc1)C(=O)NC(C(=O)N1CCCC1COCc1ccccc1)C(C)C. The summed E-state index contributed by atoms with van der Waals surface area (Å²) in [6, 6.07) is 18.9. The van der Waals surface area contributed by atoms with Crippen molar-refractivity contribution in [2.75, 3.05) is 13.2 Å². The van der Waals surface area contributed by atoms with Crippen molar-refractivity contribution in [3.05, 3.63) is 71.8 Å². The predicted molar refractivity (Wildman–Crippen MR) is 159 cm³/mol. The van der Waals surface area contributed by atoms with Crippen LogP contribution < -0.4 is 10.8 Å². The van der Waals surface area contributed by atoms with E-state index < -0.39 is 12.0 Å².